The number of ether oxygens (including phenoxy) is 1. The third-order valence-electron chi connectivity index (χ3n) is 3.01. The predicted molar refractivity (Wildman–Crippen MR) is 81.7 cm³/mol. The number of hydrogen-bond donors (Lipinski definition) is 3. The van der Waals surface area contributed by atoms with Crippen molar-refractivity contribution >= 4 is 11.5 Å². The van der Waals surface area contributed by atoms with Crippen LogP contribution in [0.5, 0.6) is 0 Å². The number of methoxy groups -OCH3 is 1. The Morgan fingerprint density at radius 3 is 2.57 bits per heavy atom. The molecule has 8 nitrogen and oxygen atoms in total. The Bertz CT molecular complexity index is 564. The fourth-order valence-corrected chi connectivity index (χ4v) is 2.09. The highest BCUT2D eigenvalue weighted by molar-refractivity contribution is 5.62. The molecule has 120 valence electrons. The number of hydrogen-bond acceptors (Lipinski definition) is 6. The molecular weight excluding hydrogens is 276 g/mol. The van der Waals surface area contributed by atoms with Gasteiger partial charge in [-0.1, -0.05) is 13.8 Å². The van der Waals surface area contributed by atoms with Crippen LogP contribution in [0.1, 0.15) is 13.8 Å². The number of aromatic amines is 1. The monoisotopic (exact) mass is 300 g/mol. The molecule has 0 aromatic carbocycles. The summed E-state index contributed by atoms with van der Waals surface area (Å²) in [6.45, 7) is 5.18. The molecule has 8 heteroatoms. The Morgan fingerprint density at radius 1 is 1.38 bits per heavy atom. The number of aliphatic hydroxyl groups excluding tert-OH is 1. The zero-order chi connectivity index (χ0) is 16.0. The first-order chi connectivity index (χ1) is 9.92. The molecule has 0 saturated carbocycles. The van der Waals surface area contributed by atoms with E-state index in [2.05, 4.69) is 4.98 Å². The molecule has 0 amide bonds. The van der Waals surface area contributed by atoms with Gasteiger partial charge in [0.05, 0.1) is 13.2 Å². The summed E-state index contributed by atoms with van der Waals surface area (Å²) in [6, 6.07) is 0. The van der Waals surface area contributed by atoms with E-state index in [0.29, 0.717) is 19.7 Å². The van der Waals surface area contributed by atoms with Crippen LogP contribution in [0, 0.1) is 5.92 Å². The minimum atomic E-state index is -0.554. The lowest BCUT2D eigenvalue weighted by Gasteiger charge is -2.25. The summed E-state index contributed by atoms with van der Waals surface area (Å²) in [4.78, 5) is 27.8. The lowest BCUT2D eigenvalue weighted by atomic mass is 10.2. The van der Waals surface area contributed by atoms with Gasteiger partial charge in [-0.25, -0.2) is 4.79 Å². The first kappa shape index (κ1) is 17.3. The molecule has 21 heavy (non-hydrogen) atoms. The van der Waals surface area contributed by atoms with E-state index in [1.165, 1.54) is 4.57 Å². The molecule has 0 spiro atoms. The van der Waals surface area contributed by atoms with Gasteiger partial charge in [0.25, 0.3) is 5.56 Å². The van der Waals surface area contributed by atoms with Crippen molar-refractivity contribution in [1.82, 2.24) is 9.55 Å². The zero-order valence-corrected chi connectivity index (χ0v) is 12.8. The number of aromatic nitrogens is 2. The third-order valence-corrected chi connectivity index (χ3v) is 3.01. The number of nitrogens with two attached hydrogens (primary N) is 1. The molecule has 1 heterocycles. The largest absolute Gasteiger partial charge is 0.395 e. The van der Waals surface area contributed by atoms with Gasteiger partial charge in [-0.3, -0.25) is 14.3 Å². The normalized spacial score (nSPS) is 11.1. The smallest absolute Gasteiger partial charge is 0.330 e. The number of anilines is 2. The quantitative estimate of drug-likeness (QED) is 0.580. The van der Waals surface area contributed by atoms with Crippen molar-refractivity contribution in [2.45, 2.75) is 20.4 Å². The lowest BCUT2D eigenvalue weighted by Crippen LogP contribution is -2.41. The molecule has 0 aliphatic heterocycles. The zero-order valence-electron chi connectivity index (χ0n) is 12.8. The molecule has 0 unspecified atom stereocenters. The number of nitrogens with one attached hydrogen (secondary N) is 1. The molecule has 0 bridgehead atoms. The molecule has 0 aliphatic carbocycles. The van der Waals surface area contributed by atoms with Crippen LogP contribution in [-0.2, 0) is 11.3 Å². The van der Waals surface area contributed by atoms with E-state index >= 15 is 0 Å². The van der Waals surface area contributed by atoms with Gasteiger partial charge < -0.3 is 20.5 Å². The highest BCUT2D eigenvalue weighted by atomic mass is 16.5. The van der Waals surface area contributed by atoms with Gasteiger partial charge in [0, 0.05) is 26.7 Å². The maximum absolute atomic E-state index is 12.1. The van der Waals surface area contributed by atoms with E-state index in [9.17, 15) is 9.59 Å². The van der Waals surface area contributed by atoms with E-state index in [0.717, 1.165) is 0 Å². The summed E-state index contributed by atoms with van der Waals surface area (Å²) in [5.41, 5.74) is 5.13. The lowest BCUT2D eigenvalue weighted by molar-refractivity contribution is 0.203. The van der Waals surface area contributed by atoms with Gasteiger partial charge in [0.2, 0.25) is 0 Å². The summed E-state index contributed by atoms with van der Waals surface area (Å²) in [7, 11) is 1.55. The van der Waals surface area contributed by atoms with E-state index in [4.69, 9.17) is 15.6 Å². The maximum Gasteiger partial charge on any atom is 0.330 e. The van der Waals surface area contributed by atoms with Crippen LogP contribution in [0.3, 0.4) is 0 Å². The SMILES string of the molecule is COCCN(CCO)c1c(N)n(CC(C)C)c(=O)[nH]c1=O. The average Bonchev–Trinajstić information content (AvgIpc) is 2.40. The number of nitrogen functional groups attached to an aromatic ring is 1. The molecule has 1 rings (SSSR count). The second-order valence-electron chi connectivity index (χ2n) is 5.20. The van der Waals surface area contributed by atoms with Crippen molar-refractivity contribution in [2.24, 2.45) is 5.92 Å². The molecular formula is C13H24N4O4. The number of rotatable bonds is 8. The van der Waals surface area contributed by atoms with Crippen molar-refractivity contribution in [3.05, 3.63) is 20.8 Å². The maximum atomic E-state index is 12.1. The molecule has 1 aromatic heterocycles. The highest BCUT2D eigenvalue weighted by Crippen LogP contribution is 2.16. The Morgan fingerprint density at radius 2 is 2.05 bits per heavy atom. The van der Waals surface area contributed by atoms with E-state index in [1.54, 1.807) is 12.0 Å². The molecule has 0 fully saturated rings. The number of H-pyrrole nitrogens is 1. The van der Waals surface area contributed by atoms with Crippen LogP contribution >= 0.6 is 0 Å². The molecule has 0 saturated heterocycles. The fraction of sp³-hybridized carbons (Fsp3) is 0.692. The fourth-order valence-electron chi connectivity index (χ4n) is 2.09. The van der Waals surface area contributed by atoms with Crippen molar-refractivity contribution in [1.29, 1.82) is 0 Å². The molecule has 1 aromatic rings. The average molecular weight is 300 g/mol. The van der Waals surface area contributed by atoms with Gasteiger partial charge in [-0.2, -0.15) is 0 Å². The molecule has 0 atom stereocenters. The summed E-state index contributed by atoms with van der Waals surface area (Å²) in [6.07, 6.45) is 0. The predicted octanol–water partition coefficient (Wildman–Crippen LogP) is -0.780. The van der Waals surface area contributed by atoms with Gasteiger partial charge in [-0.15, -0.1) is 0 Å². The Hall–Kier alpha value is -1.80. The molecule has 0 radical (unpaired) electrons. The van der Waals surface area contributed by atoms with Gasteiger partial charge in [-0.05, 0) is 5.92 Å². The first-order valence-electron chi connectivity index (χ1n) is 6.89. The summed E-state index contributed by atoms with van der Waals surface area (Å²) < 4.78 is 6.34. The Kier molecular flexibility index (Phi) is 6.44. The minimum absolute atomic E-state index is 0.113. The molecule has 0 aliphatic rings. The van der Waals surface area contributed by atoms with Crippen molar-refractivity contribution < 1.29 is 9.84 Å². The van der Waals surface area contributed by atoms with Gasteiger partial charge >= 0.3 is 5.69 Å². The van der Waals surface area contributed by atoms with E-state index < -0.39 is 11.2 Å². The first-order valence-corrected chi connectivity index (χ1v) is 6.89. The number of nitrogens with zero attached hydrogens (tertiary/aromatic N) is 2. The van der Waals surface area contributed by atoms with Gasteiger partial charge in [0.15, 0.2) is 0 Å². The Labute approximate surface area is 123 Å². The van der Waals surface area contributed by atoms with Gasteiger partial charge in [0.1, 0.15) is 11.5 Å². The topological polar surface area (TPSA) is 114 Å². The van der Waals surface area contributed by atoms with Crippen molar-refractivity contribution in [3.63, 3.8) is 0 Å². The van der Waals surface area contributed by atoms with Crippen molar-refractivity contribution in [2.75, 3.05) is 44.0 Å². The second-order valence-corrected chi connectivity index (χ2v) is 5.20. The number of aliphatic hydroxyl groups is 1. The van der Waals surface area contributed by atoms with Crippen LogP contribution in [0.2, 0.25) is 0 Å². The van der Waals surface area contributed by atoms with Crippen LogP contribution in [-0.4, -0.2) is 48.1 Å². The van der Waals surface area contributed by atoms with Crippen LogP contribution in [0.25, 0.3) is 0 Å². The third kappa shape index (κ3) is 4.33. The summed E-state index contributed by atoms with van der Waals surface area (Å²) in [5, 5.41) is 9.14. The van der Waals surface area contributed by atoms with Crippen molar-refractivity contribution in [3.8, 4) is 0 Å². The summed E-state index contributed by atoms with van der Waals surface area (Å²) >= 11 is 0. The van der Waals surface area contributed by atoms with Crippen LogP contribution in [0.15, 0.2) is 9.59 Å². The minimum Gasteiger partial charge on any atom is -0.395 e. The van der Waals surface area contributed by atoms with E-state index in [-0.39, 0.29) is 30.6 Å². The molecule has 4 N–H and O–H groups in total. The van der Waals surface area contributed by atoms with Crippen LogP contribution < -0.4 is 21.9 Å². The second kappa shape index (κ2) is 7.84. The highest BCUT2D eigenvalue weighted by Gasteiger charge is 2.18. The Balaban J connectivity index is 3.31. The summed E-state index contributed by atoms with van der Waals surface area (Å²) in [5.74, 6) is 0.316. The van der Waals surface area contributed by atoms with Crippen LogP contribution in [0.4, 0.5) is 11.5 Å². The van der Waals surface area contributed by atoms with E-state index in [1.807, 2.05) is 13.8 Å². The standard InChI is InChI=1S/C13H24N4O4/c1-9(2)8-17-11(14)10(12(19)15-13(17)20)16(4-6-18)5-7-21-3/h9,18H,4-8,14H2,1-3H3,(H,15,19,20).